The van der Waals surface area contributed by atoms with Gasteiger partial charge in [-0.05, 0) is 39.3 Å². The first-order valence-electron chi connectivity index (χ1n) is 4.66. The number of hydrogen-bond donors (Lipinski definition) is 0. The fourth-order valence-corrected chi connectivity index (χ4v) is 0.751. The molecule has 0 aromatic rings. The molecule has 0 radical (unpaired) electrons. The van der Waals surface area contributed by atoms with Crippen LogP contribution in [-0.4, -0.2) is 5.71 Å². The minimum absolute atomic E-state index is 0.968. The van der Waals surface area contributed by atoms with Crippen LogP contribution < -0.4 is 0 Å². The molecule has 1 nitrogen and oxygen atoms in total. The summed E-state index contributed by atoms with van der Waals surface area (Å²) in [5.41, 5.74) is 4.12. The number of rotatable bonds is 4. The molecule has 0 saturated heterocycles. The quantitative estimate of drug-likeness (QED) is 0.467. The topological polar surface area (TPSA) is 12.4 Å². The van der Waals surface area contributed by atoms with Crippen molar-refractivity contribution in [1.82, 2.24) is 0 Å². The molecule has 0 atom stereocenters. The molecule has 0 aromatic heterocycles. The third-order valence-electron chi connectivity index (χ3n) is 1.81. The summed E-state index contributed by atoms with van der Waals surface area (Å²) >= 11 is 0. The normalized spacial score (nSPS) is 11.6. The Kier molecular flexibility index (Phi) is 5.54. The van der Waals surface area contributed by atoms with Crippen LogP contribution in [0.3, 0.4) is 0 Å². The maximum absolute atomic E-state index is 4.48. The van der Waals surface area contributed by atoms with Crippen LogP contribution in [0.1, 0.15) is 27.7 Å². The van der Waals surface area contributed by atoms with E-state index in [-0.39, 0.29) is 0 Å². The standard InChI is InChI=1S/C13H19N/c1-7-8-9-13(11(4)5)14-12(6)10(2)3/h7-9H,1-2H2,3-6H3/b9-8-,14-12?. The lowest BCUT2D eigenvalue weighted by Crippen LogP contribution is -1.92. The van der Waals surface area contributed by atoms with E-state index >= 15 is 0 Å². The third kappa shape index (κ3) is 4.61. The molecule has 0 aliphatic rings. The maximum atomic E-state index is 4.48. The SMILES string of the molecule is C=C/C=C\C(N=C(C)C(=C)C)=C(C)C. The molecule has 1 heteroatoms. The average molecular weight is 189 g/mol. The van der Waals surface area contributed by atoms with Crippen LogP contribution in [0.4, 0.5) is 0 Å². The summed E-state index contributed by atoms with van der Waals surface area (Å²) in [5, 5.41) is 0. The first-order valence-corrected chi connectivity index (χ1v) is 4.66. The van der Waals surface area contributed by atoms with Crippen molar-refractivity contribution in [1.29, 1.82) is 0 Å². The van der Waals surface area contributed by atoms with Gasteiger partial charge in [-0.3, -0.25) is 4.99 Å². The summed E-state index contributed by atoms with van der Waals surface area (Å²) in [5.74, 6) is 0. The predicted molar refractivity (Wildman–Crippen MR) is 65.6 cm³/mol. The van der Waals surface area contributed by atoms with Crippen LogP contribution in [0.2, 0.25) is 0 Å². The number of hydrogen-bond acceptors (Lipinski definition) is 1. The summed E-state index contributed by atoms with van der Waals surface area (Å²) in [7, 11) is 0. The summed E-state index contributed by atoms with van der Waals surface area (Å²) in [6.07, 6.45) is 5.58. The Bertz CT molecular complexity index is 310. The molecule has 0 N–H and O–H groups in total. The molecule has 76 valence electrons. The second-order valence-corrected chi connectivity index (χ2v) is 3.46. The van der Waals surface area contributed by atoms with Crippen molar-refractivity contribution >= 4 is 5.71 Å². The molecular weight excluding hydrogens is 170 g/mol. The Morgan fingerprint density at radius 2 is 1.71 bits per heavy atom. The van der Waals surface area contributed by atoms with Crippen molar-refractivity contribution in [3.63, 3.8) is 0 Å². The molecule has 0 fully saturated rings. The van der Waals surface area contributed by atoms with Crippen molar-refractivity contribution < 1.29 is 0 Å². The van der Waals surface area contributed by atoms with Crippen LogP contribution in [0.5, 0.6) is 0 Å². The largest absolute Gasteiger partial charge is 0.254 e. The van der Waals surface area contributed by atoms with Gasteiger partial charge in [-0.25, -0.2) is 0 Å². The van der Waals surface area contributed by atoms with Gasteiger partial charge in [0.05, 0.1) is 5.70 Å². The fourth-order valence-electron chi connectivity index (χ4n) is 0.751. The second-order valence-electron chi connectivity index (χ2n) is 3.46. The van der Waals surface area contributed by atoms with Gasteiger partial charge in [0.15, 0.2) is 0 Å². The maximum Gasteiger partial charge on any atom is 0.0619 e. The molecule has 14 heavy (non-hydrogen) atoms. The molecule has 0 spiro atoms. The van der Waals surface area contributed by atoms with Gasteiger partial charge in [-0.1, -0.05) is 30.9 Å². The highest BCUT2D eigenvalue weighted by Crippen LogP contribution is 2.09. The van der Waals surface area contributed by atoms with Gasteiger partial charge in [0.1, 0.15) is 0 Å². The summed E-state index contributed by atoms with van der Waals surface area (Å²) in [6, 6.07) is 0. The Morgan fingerprint density at radius 3 is 2.07 bits per heavy atom. The molecule has 0 aromatic carbocycles. The third-order valence-corrected chi connectivity index (χ3v) is 1.81. The summed E-state index contributed by atoms with van der Waals surface area (Å²) in [6.45, 7) is 15.5. The van der Waals surface area contributed by atoms with Crippen molar-refractivity contribution in [3.05, 3.63) is 48.2 Å². The van der Waals surface area contributed by atoms with E-state index in [1.54, 1.807) is 6.08 Å². The lowest BCUT2D eigenvalue weighted by Gasteiger charge is -2.01. The highest BCUT2D eigenvalue weighted by molar-refractivity contribution is 5.97. The fraction of sp³-hybridized carbons (Fsp3) is 0.308. The van der Waals surface area contributed by atoms with Crippen LogP contribution in [-0.2, 0) is 0 Å². The van der Waals surface area contributed by atoms with Gasteiger partial charge in [-0.15, -0.1) is 0 Å². The summed E-state index contributed by atoms with van der Waals surface area (Å²) < 4.78 is 0. The smallest absolute Gasteiger partial charge is 0.0619 e. The number of aliphatic imine (C=N–C) groups is 1. The average Bonchev–Trinajstić information content (AvgIpc) is 2.10. The zero-order valence-electron chi connectivity index (χ0n) is 9.59. The predicted octanol–water partition coefficient (Wildman–Crippen LogP) is 4.06. The molecule has 0 bridgehead atoms. The molecule has 0 aliphatic heterocycles. The van der Waals surface area contributed by atoms with Gasteiger partial charge >= 0.3 is 0 Å². The zero-order valence-corrected chi connectivity index (χ0v) is 9.59. The van der Waals surface area contributed by atoms with Gasteiger partial charge in [0.2, 0.25) is 0 Å². The number of allylic oxidation sites excluding steroid dienone is 5. The molecule has 0 aliphatic carbocycles. The molecular formula is C13H19N. The van der Waals surface area contributed by atoms with Gasteiger partial charge < -0.3 is 0 Å². The van der Waals surface area contributed by atoms with E-state index in [0.29, 0.717) is 0 Å². The lowest BCUT2D eigenvalue weighted by atomic mass is 10.2. The van der Waals surface area contributed by atoms with E-state index in [0.717, 1.165) is 17.0 Å². The molecule has 0 saturated carbocycles. The minimum Gasteiger partial charge on any atom is -0.254 e. The van der Waals surface area contributed by atoms with Crippen LogP contribution in [0.25, 0.3) is 0 Å². The van der Waals surface area contributed by atoms with Gasteiger partial charge in [0, 0.05) is 5.71 Å². The van der Waals surface area contributed by atoms with E-state index in [2.05, 4.69) is 18.2 Å². The zero-order chi connectivity index (χ0) is 11.1. The summed E-state index contributed by atoms with van der Waals surface area (Å²) in [4.78, 5) is 4.48. The molecule has 0 unspecified atom stereocenters. The first-order chi connectivity index (χ1) is 6.49. The highest BCUT2D eigenvalue weighted by Gasteiger charge is 1.95. The van der Waals surface area contributed by atoms with E-state index in [4.69, 9.17) is 0 Å². The number of nitrogens with zero attached hydrogens (tertiary/aromatic N) is 1. The molecule has 0 heterocycles. The Balaban J connectivity index is 4.99. The van der Waals surface area contributed by atoms with Crippen molar-refractivity contribution in [2.45, 2.75) is 27.7 Å². The van der Waals surface area contributed by atoms with Crippen molar-refractivity contribution in [2.24, 2.45) is 4.99 Å². The molecule has 0 amide bonds. The Morgan fingerprint density at radius 1 is 1.14 bits per heavy atom. The Hall–Kier alpha value is -1.37. The Labute approximate surface area is 87.3 Å². The van der Waals surface area contributed by atoms with Crippen LogP contribution >= 0.6 is 0 Å². The second kappa shape index (κ2) is 6.14. The van der Waals surface area contributed by atoms with Crippen molar-refractivity contribution in [2.75, 3.05) is 0 Å². The van der Waals surface area contributed by atoms with E-state index in [1.165, 1.54) is 5.57 Å². The van der Waals surface area contributed by atoms with E-state index < -0.39 is 0 Å². The minimum atomic E-state index is 0.968. The van der Waals surface area contributed by atoms with E-state index in [9.17, 15) is 0 Å². The van der Waals surface area contributed by atoms with E-state index in [1.807, 2.05) is 39.8 Å². The highest BCUT2D eigenvalue weighted by atomic mass is 14.7. The van der Waals surface area contributed by atoms with Gasteiger partial charge in [-0.2, -0.15) is 0 Å². The first kappa shape index (κ1) is 12.6. The van der Waals surface area contributed by atoms with Crippen molar-refractivity contribution in [3.8, 4) is 0 Å². The molecule has 0 rings (SSSR count). The monoisotopic (exact) mass is 189 g/mol. The van der Waals surface area contributed by atoms with Gasteiger partial charge in [0.25, 0.3) is 0 Å². The lowest BCUT2D eigenvalue weighted by molar-refractivity contribution is 1.24. The van der Waals surface area contributed by atoms with Crippen LogP contribution in [0, 0.1) is 0 Å². The van der Waals surface area contributed by atoms with Crippen LogP contribution in [0.15, 0.2) is 53.2 Å².